The lowest BCUT2D eigenvalue weighted by molar-refractivity contribution is -0.142. The van der Waals surface area contributed by atoms with Crippen molar-refractivity contribution in [3.8, 4) is 0 Å². The molecule has 20 amide bonds. The fourth-order valence-electron chi connectivity index (χ4n) is 15.8. The standard InChI is InChI=1S/C98H158N28O22S2/c1-17-51(7)76(93(144)118-67(35-37-74(101)128)85(136)111-54(10)79(130)115-68(39-44-150-16)87(138)121-70(46-59-27-20-19-21-28-59)89(140)116-65(32-25-41-107-98(104)105)86(137)120-69(45-49(3)4)88(139)114-58(14)96(147)148)124-81(132)55(11)109-78(129)53(9)110-84(135)66(34-36-73(100)127)119-94(145)77(52(8)18-2)125-90(141)71(47-60-48-108-63-30-23-22-29-61(60)63)122-92(143)75(50(5)6)123-80(131)56(12)112-83(134)64(31-24-40-106-97(102)103)117-91(142)72-33-26-42-126(72)95(146)57(13)113-82(133)62(99)38-43-149-15/h19-23,27-30,48-58,62,64-72,75-77,108H,17-18,24-26,31-47,99H2,1-16H3,(H2,100,127)(H2,101,128)(H,109,129)(H,110,135)(H,111,136)(H,112,134)(H,113,133)(H,114,139)(H,115,130)(H,116,140)(H,117,142)(H,118,144)(H,119,145)(H,120,137)(H,121,138)(H,122,143)(H,123,131)(H,124,132)(H,125,141)(H,147,148)(H4,102,103,106)(H4,104,105,107)/t51-,52-,53-,54-,55-,56-,57-,58-,62-,64-,65-,66-,67-,68-,69-,70-,71-,72-,75-,76-,77-/m0/s1. The van der Waals surface area contributed by atoms with Crippen LogP contribution in [-0.2, 0) is 114 Å². The van der Waals surface area contributed by atoms with Crippen LogP contribution in [0.25, 0.3) is 10.9 Å². The first-order valence-electron chi connectivity index (χ1n) is 50.4. The van der Waals surface area contributed by atoms with Crippen molar-refractivity contribution < 1.29 is 106 Å². The molecule has 0 radical (unpaired) electrons. The summed E-state index contributed by atoms with van der Waals surface area (Å²) in [5.41, 5.74) is 29.9. The van der Waals surface area contributed by atoms with E-state index in [9.17, 15) is 101 Å². The molecule has 2 heterocycles. The molecule has 0 bridgehead atoms. The van der Waals surface area contributed by atoms with Crippen molar-refractivity contribution >= 4 is 170 Å². The quantitative estimate of drug-likeness (QED) is 0.0146. The summed E-state index contributed by atoms with van der Waals surface area (Å²) < 4.78 is 0. The number of para-hydroxylation sites is 1. The molecule has 834 valence electrons. The van der Waals surface area contributed by atoms with Crippen LogP contribution in [0.4, 0.5) is 0 Å². The summed E-state index contributed by atoms with van der Waals surface area (Å²) in [6.07, 6.45) is 4.45. The number of aromatic amines is 1. The number of H-pyrrole nitrogens is 1. The van der Waals surface area contributed by atoms with Gasteiger partial charge in [0.05, 0.1) is 6.04 Å². The molecule has 1 saturated heterocycles. The van der Waals surface area contributed by atoms with Crippen molar-refractivity contribution in [1.82, 2.24) is 111 Å². The number of fused-ring (bicyclic) bond motifs is 1. The number of guanidine groups is 2. The van der Waals surface area contributed by atoms with Crippen molar-refractivity contribution in [3.05, 3.63) is 71.9 Å². The molecule has 0 spiro atoms. The highest BCUT2D eigenvalue weighted by molar-refractivity contribution is 7.98. The van der Waals surface area contributed by atoms with Gasteiger partial charge in [-0.05, 0) is 177 Å². The summed E-state index contributed by atoms with van der Waals surface area (Å²) in [6.45, 7) is 21.4. The van der Waals surface area contributed by atoms with E-state index in [1.807, 2.05) is 6.26 Å². The fraction of sp³-hybridized carbons (Fsp3) is 0.622. The van der Waals surface area contributed by atoms with Gasteiger partial charge in [-0.1, -0.05) is 117 Å². The number of nitrogens with two attached hydrogens (primary N) is 5. The number of benzene rings is 2. The van der Waals surface area contributed by atoms with E-state index < -0.39 is 282 Å². The summed E-state index contributed by atoms with van der Waals surface area (Å²) in [4.78, 5) is 298. The number of rotatable bonds is 67. The molecular formula is C98H158N28O22S2. The van der Waals surface area contributed by atoms with E-state index >= 15 is 4.79 Å². The molecular weight excluding hydrogens is 1990 g/mol. The normalized spacial score (nSPS) is 16.2. The predicted octanol–water partition coefficient (Wildman–Crippen LogP) is -3.92. The maximum atomic E-state index is 15.1. The van der Waals surface area contributed by atoms with Crippen LogP contribution >= 0.6 is 23.5 Å². The molecule has 0 saturated carbocycles. The van der Waals surface area contributed by atoms with Crippen LogP contribution in [0.3, 0.4) is 0 Å². The SMILES string of the molecule is CC[C@H](C)[C@H](NC(=O)[C@H](C)NC(=O)[C@H](C)NC(=O)[C@H](CCC(N)=O)NC(=O)[C@@H](NC(=O)[C@H](Cc1c[nH]c2ccccc12)NC(=O)[C@@H](NC(=O)[C@H](C)NC(=O)[C@H](CCCNC(=N)N)NC(=O)[C@@H]1CCCN1C(=O)[C@H](C)NC(=O)[C@@H](N)CCSC)C(C)C)[C@@H](C)CC)C(=O)N[C@@H](CCC(N)=O)C(=O)N[C@@H](C)C(=O)N[C@@H](CCSC)C(=O)N[C@@H](Cc1ccccc1)C(=O)N[C@@H](CCCNC(=N)N)C(=O)N[C@@H](CC(C)C)C(=O)N[C@@H](C)C(=O)O. The second kappa shape index (κ2) is 65.1. The minimum absolute atomic E-state index is 0.0483. The van der Waals surface area contributed by atoms with Crippen LogP contribution in [-0.4, -0.2) is 309 Å². The van der Waals surface area contributed by atoms with Crippen LogP contribution in [0.2, 0.25) is 0 Å². The fourth-order valence-corrected chi connectivity index (χ4v) is 16.8. The lowest BCUT2D eigenvalue weighted by Crippen LogP contribution is -2.62. The van der Waals surface area contributed by atoms with Crippen LogP contribution in [0.15, 0.2) is 60.8 Å². The number of aromatic nitrogens is 1. The smallest absolute Gasteiger partial charge is 0.325 e. The molecule has 4 rings (SSSR count). The first-order valence-corrected chi connectivity index (χ1v) is 53.2. The Bertz CT molecular complexity index is 5130. The number of carboxylic acids is 1. The van der Waals surface area contributed by atoms with Gasteiger partial charge in [-0.3, -0.25) is 112 Å². The van der Waals surface area contributed by atoms with E-state index in [1.165, 1.54) is 70.0 Å². The largest absolute Gasteiger partial charge is 0.480 e. The molecule has 52 heteroatoms. The maximum absolute atomic E-state index is 15.1. The van der Waals surface area contributed by atoms with Crippen LogP contribution in [0, 0.1) is 34.5 Å². The van der Waals surface area contributed by atoms with Gasteiger partial charge in [-0.15, -0.1) is 0 Å². The molecule has 1 aliphatic heterocycles. The third-order valence-corrected chi connectivity index (χ3v) is 26.5. The highest BCUT2D eigenvalue weighted by Gasteiger charge is 2.43. The number of primary amides is 2. The van der Waals surface area contributed by atoms with E-state index in [0.29, 0.717) is 40.6 Å². The van der Waals surface area contributed by atoms with Crippen molar-refractivity contribution in [3.63, 3.8) is 0 Å². The van der Waals surface area contributed by atoms with Gasteiger partial charge in [0.25, 0.3) is 0 Å². The van der Waals surface area contributed by atoms with E-state index in [-0.39, 0.29) is 114 Å². The van der Waals surface area contributed by atoms with Crippen LogP contribution in [0.1, 0.15) is 204 Å². The Balaban J connectivity index is 1.53. The Hall–Kier alpha value is -13.9. The Morgan fingerprint density at radius 1 is 0.407 bits per heavy atom. The highest BCUT2D eigenvalue weighted by atomic mass is 32.2. The van der Waals surface area contributed by atoms with Crippen molar-refractivity contribution in [1.29, 1.82) is 10.8 Å². The van der Waals surface area contributed by atoms with Crippen LogP contribution < -0.4 is 130 Å². The number of carboxylic acid groups (broad SMARTS) is 1. The second-order valence-corrected chi connectivity index (χ2v) is 40.4. The van der Waals surface area contributed by atoms with Crippen molar-refractivity contribution in [2.75, 3.05) is 43.7 Å². The Morgan fingerprint density at radius 3 is 1.25 bits per heavy atom. The zero-order chi connectivity index (χ0) is 113. The molecule has 1 fully saturated rings. The van der Waals surface area contributed by atoms with Crippen molar-refractivity contribution in [2.24, 2.45) is 52.3 Å². The molecule has 33 N–H and O–H groups in total. The number of thioether (sulfide) groups is 2. The minimum atomic E-state index is -1.66. The Labute approximate surface area is 882 Å². The van der Waals surface area contributed by atoms with E-state index in [1.54, 1.807) is 122 Å². The van der Waals surface area contributed by atoms with Gasteiger partial charge in [0.15, 0.2) is 11.9 Å². The molecule has 0 unspecified atom stereocenters. The number of amides is 20. The van der Waals surface area contributed by atoms with E-state index in [0.717, 1.165) is 0 Å². The Kier molecular flexibility index (Phi) is 55.7. The number of likely N-dealkylation sites (tertiary alicyclic amines) is 1. The Morgan fingerprint density at radius 2 is 0.773 bits per heavy atom. The summed E-state index contributed by atoms with van der Waals surface area (Å²) in [5.74, 6) is -21.1. The lowest BCUT2D eigenvalue weighted by Gasteiger charge is -2.30. The number of hydrogen-bond acceptors (Lipinski definition) is 26. The third-order valence-electron chi connectivity index (χ3n) is 25.2. The molecule has 1 aliphatic rings. The summed E-state index contributed by atoms with van der Waals surface area (Å²) in [6, 6.07) is -10.9. The van der Waals surface area contributed by atoms with Gasteiger partial charge in [0.2, 0.25) is 118 Å². The molecule has 2 aromatic carbocycles. The monoisotopic (exact) mass is 2140 g/mol. The zero-order valence-electron chi connectivity index (χ0n) is 88.3. The first kappa shape index (κ1) is 128. The summed E-state index contributed by atoms with van der Waals surface area (Å²) in [5, 5.41) is 74.9. The lowest BCUT2D eigenvalue weighted by atomic mass is 9.96. The molecule has 21 atom stereocenters. The van der Waals surface area contributed by atoms with Gasteiger partial charge in [-0.25, -0.2) is 0 Å². The number of nitrogens with one attached hydrogen (secondary N) is 22. The molecule has 1 aromatic heterocycles. The zero-order valence-corrected chi connectivity index (χ0v) is 89.9. The number of carbonyl (C=O) groups is 21. The average Bonchev–Trinajstić information content (AvgIpc) is 1.63. The number of hydrogen-bond donors (Lipinski definition) is 28. The number of aliphatic carboxylic acids is 1. The molecule has 0 aliphatic carbocycles. The van der Waals surface area contributed by atoms with E-state index in [2.05, 4.69) is 106 Å². The molecule has 3 aromatic rings. The van der Waals surface area contributed by atoms with Crippen LogP contribution in [0.5, 0.6) is 0 Å². The van der Waals surface area contributed by atoms with Gasteiger partial charge < -0.3 is 145 Å². The minimum Gasteiger partial charge on any atom is -0.480 e. The average molecular weight is 2140 g/mol. The number of carbonyl (C=O) groups excluding carboxylic acids is 20. The maximum Gasteiger partial charge on any atom is 0.325 e. The summed E-state index contributed by atoms with van der Waals surface area (Å²) in [7, 11) is 0. The highest BCUT2D eigenvalue weighted by Crippen LogP contribution is 2.24. The molecule has 150 heavy (non-hydrogen) atoms. The molecule has 50 nitrogen and oxygen atoms in total. The second-order valence-electron chi connectivity index (χ2n) is 38.4. The van der Waals surface area contributed by atoms with Gasteiger partial charge in [-0.2, -0.15) is 23.5 Å². The topological polar surface area (TPSA) is 804 Å². The van der Waals surface area contributed by atoms with Gasteiger partial charge >= 0.3 is 5.97 Å². The number of nitrogens with zero attached hydrogens (tertiary/aromatic N) is 1. The third kappa shape index (κ3) is 44.1. The summed E-state index contributed by atoms with van der Waals surface area (Å²) >= 11 is 2.80. The van der Waals surface area contributed by atoms with Gasteiger partial charge in [0.1, 0.15) is 109 Å². The van der Waals surface area contributed by atoms with E-state index in [4.69, 9.17) is 39.5 Å². The van der Waals surface area contributed by atoms with Gasteiger partial charge in [0, 0.05) is 62.4 Å². The van der Waals surface area contributed by atoms with Crippen molar-refractivity contribution in [2.45, 2.75) is 321 Å². The predicted molar refractivity (Wildman–Crippen MR) is 564 cm³/mol. The first-order chi connectivity index (χ1) is 70.7.